The van der Waals surface area contributed by atoms with E-state index in [4.69, 9.17) is 4.74 Å². The van der Waals surface area contributed by atoms with Crippen molar-refractivity contribution in [2.45, 2.75) is 44.0 Å². The van der Waals surface area contributed by atoms with Gasteiger partial charge in [0, 0.05) is 19.2 Å². The number of imidazole rings is 1. The molecule has 3 N–H and O–H groups in total. The highest BCUT2D eigenvalue weighted by atomic mass is 16.5. The number of methoxy groups -OCH3 is 1. The molecule has 166 valence electrons. The number of carbonyl (C=O) groups excluding carboxylic acids is 2. The van der Waals surface area contributed by atoms with Crippen LogP contribution in [0.25, 0.3) is 6.08 Å². The fourth-order valence-electron chi connectivity index (χ4n) is 6.08. The second kappa shape index (κ2) is 6.32. The van der Waals surface area contributed by atoms with Gasteiger partial charge in [0.15, 0.2) is 0 Å². The van der Waals surface area contributed by atoms with Crippen LogP contribution in [-0.2, 0) is 19.7 Å². The second-order valence-corrected chi connectivity index (χ2v) is 9.40. The maximum absolute atomic E-state index is 14.0. The van der Waals surface area contributed by atoms with Crippen LogP contribution >= 0.6 is 0 Å². The molecule has 2 aromatic rings. The van der Waals surface area contributed by atoms with Crippen molar-refractivity contribution in [2.75, 3.05) is 12.4 Å². The number of amides is 2. The smallest absolute Gasteiger partial charge is 0.278 e. The lowest BCUT2D eigenvalue weighted by molar-refractivity contribution is -0.184. The number of carbonyl (C=O) groups is 2. The van der Waals surface area contributed by atoms with Crippen molar-refractivity contribution < 1.29 is 14.3 Å². The predicted molar refractivity (Wildman–Crippen MR) is 120 cm³/mol. The lowest BCUT2D eigenvalue weighted by Gasteiger charge is -2.51. The molecule has 1 aromatic heterocycles. The summed E-state index contributed by atoms with van der Waals surface area (Å²) < 4.78 is 5.92. The Morgan fingerprint density at radius 1 is 1.28 bits per heavy atom. The number of ether oxygens (including phenoxy) is 1. The van der Waals surface area contributed by atoms with E-state index >= 15 is 0 Å². The second-order valence-electron chi connectivity index (χ2n) is 9.40. The third-order valence-electron chi connectivity index (χ3n) is 7.71. The van der Waals surface area contributed by atoms with Crippen molar-refractivity contribution in [3.63, 3.8) is 0 Å². The standard InChI is InChI=1S/C24H27N5O3/c1-6-21(2,3)23-13-24(32-5)20(31)27-18(11-15-12-25-14-26-15)19(30)29(24)22(23,4)28-17-10-8-7-9-16(17)23/h6-12,14,28H,1,13H2,2-5H3,(H,25,26)(H,27,31). The number of H-pyrrole nitrogens is 1. The van der Waals surface area contributed by atoms with Crippen molar-refractivity contribution in [2.24, 2.45) is 5.41 Å². The number of fused-ring (bicyclic) bond motifs is 5. The van der Waals surface area contributed by atoms with Crippen LogP contribution in [-0.4, -0.2) is 45.2 Å². The van der Waals surface area contributed by atoms with Crippen LogP contribution in [0.3, 0.4) is 0 Å². The summed E-state index contributed by atoms with van der Waals surface area (Å²) >= 11 is 0. The average Bonchev–Trinajstić information content (AvgIpc) is 3.42. The molecule has 2 amide bonds. The van der Waals surface area contributed by atoms with Gasteiger partial charge in [-0.2, -0.15) is 0 Å². The molecule has 0 saturated carbocycles. The Labute approximate surface area is 186 Å². The normalized spacial score (nSPS) is 32.2. The van der Waals surface area contributed by atoms with Crippen molar-refractivity contribution in [3.05, 3.63) is 66.4 Å². The van der Waals surface area contributed by atoms with Gasteiger partial charge >= 0.3 is 0 Å². The minimum Gasteiger partial charge on any atom is -0.362 e. The molecular formula is C24H27N5O3. The van der Waals surface area contributed by atoms with Crippen LogP contribution < -0.4 is 10.6 Å². The number of benzene rings is 1. The van der Waals surface area contributed by atoms with Crippen LogP contribution in [0.1, 0.15) is 38.4 Å². The van der Waals surface area contributed by atoms with E-state index in [-0.39, 0.29) is 23.9 Å². The van der Waals surface area contributed by atoms with E-state index in [9.17, 15) is 9.59 Å². The van der Waals surface area contributed by atoms with Gasteiger partial charge in [0.05, 0.1) is 23.6 Å². The van der Waals surface area contributed by atoms with Gasteiger partial charge in [-0.3, -0.25) is 14.5 Å². The topological polar surface area (TPSA) is 99.3 Å². The fourth-order valence-corrected chi connectivity index (χ4v) is 6.08. The first kappa shape index (κ1) is 20.5. The molecule has 3 unspecified atom stereocenters. The third-order valence-corrected chi connectivity index (χ3v) is 7.71. The zero-order valence-corrected chi connectivity index (χ0v) is 18.7. The monoisotopic (exact) mass is 433 g/mol. The number of hydrogen-bond acceptors (Lipinski definition) is 5. The minimum atomic E-state index is -1.47. The summed E-state index contributed by atoms with van der Waals surface area (Å²) in [5.41, 5.74) is -0.834. The van der Waals surface area contributed by atoms with Crippen LogP contribution in [0.5, 0.6) is 0 Å². The molecule has 32 heavy (non-hydrogen) atoms. The van der Waals surface area contributed by atoms with E-state index in [1.165, 1.54) is 13.4 Å². The summed E-state index contributed by atoms with van der Waals surface area (Å²) in [6, 6.07) is 8.01. The molecule has 0 bridgehead atoms. The molecule has 1 aromatic carbocycles. The van der Waals surface area contributed by atoms with E-state index in [1.807, 2.05) is 31.2 Å². The summed E-state index contributed by atoms with van der Waals surface area (Å²) in [7, 11) is 1.48. The first-order valence-corrected chi connectivity index (χ1v) is 10.6. The highest BCUT2D eigenvalue weighted by Gasteiger charge is 2.78. The number of nitrogens with one attached hydrogen (secondary N) is 3. The average molecular weight is 434 g/mol. The zero-order chi connectivity index (χ0) is 22.9. The molecule has 2 saturated heterocycles. The number of anilines is 1. The highest BCUT2D eigenvalue weighted by molar-refractivity contribution is 6.10. The molecule has 5 rings (SSSR count). The Hall–Kier alpha value is -3.39. The fraction of sp³-hybridized carbons (Fsp3) is 0.375. The molecule has 0 spiro atoms. The molecule has 3 aliphatic rings. The maximum Gasteiger partial charge on any atom is 0.278 e. The van der Waals surface area contributed by atoms with Gasteiger partial charge in [0.25, 0.3) is 11.8 Å². The summed E-state index contributed by atoms with van der Waals surface area (Å²) in [5.74, 6) is -0.704. The Morgan fingerprint density at radius 3 is 2.69 bits per heavy atom. The number of aromatic nitrogens is 2. The number of para-hydroxylation sites is 1. The first-order chi connectivity index (χ1) is 15.2. The number of allylic oxidation sites excluding steroid dienone is 1. The van der Waals surface area contributed by atoms with Gasteiger partial charge in [-0.05, 0) is 30.0 Å². The number of hydrogen-bond donors (Lipinski definition) is 3. The quantitative estimate of drug-likeness (QED) is 0.509. The molecule has 4 heterocycles. The van der Waals surface area contributed by atoms with E-state index < -0.39 is 22.2 Å². The number of aromatic amines is 1. The Morgan fingerprint density at radius 2 is 2.03 bits per heavy atom. The molecule has 8 heteroatoms. The van der Waals surface area contributed by atoms with Gasteiger partial charge in [0.1, 0.15) is 11.4 Å². The van der Waals surface area contributed by atoms with Crippen molar-refractivity contribution >= 4 is 23.6 Å². The minimum absolute atomic E-state index is 0.165. The van der Waals surface area contributed by atoms with E-state index in [1.54, 1.807) is 17.2 Å². The van der Waals surface area contributed by atoms with Crippen molar-refractivity contribution in [1.82, 2.24) is 20.2 Å². The van der Waals surface area contributed by atoms with Crippen LogP contribution in [0, 0.1) is 5.41 Å². The first-order valence-electron chi connectivity index (χ1n) is 10.6. The van der Waals surface area contributed by atoms with Crippen LogP contribution in [0.2, 0.25) is 0 Å². The number of piperazine rings is 1. The summed E-state index contributed by atoms with van der Waals surface area (Å²) in [6.07, 6.45) is 6.89. The van der Waals surface area contributed by atoms with Crippen molar-refractivity contribution in [3.8, 4) is 0 Å². The van der Waals surface area contributed by atoms with E-state index in [0.29, 0.717) is 5.69 Å². The van der Waals surface area contributed by atoms with Gasteiger partial charge in [-0.15, -0.1) is 6.58 Å². The van der Waals surface area contributed by atoms with Gasteiger partial charge in [0.2, 0.25) is 5.72 Å². The Kier molecular flexibility index (Phi) is 4.05. The van der Waals surface area contributed by atoms with Crippen LogP contribution in [0.15, 0.2) is 55.1 Å². The molecular weight excluding hydrogens is 406 g/mol. The zero-order valence-electron chi connectivity index (χ0n) is 18.7. The van der Waals surface area contributed by atoms with Crippen LogP contribution in [0.4, 0.5) is 5.69 Å². The molecule has 0 radical (unpaired) electrons. The van der Waals surface area contributed by atoms with Gasteiger partial charge < -0.3 is 20.4 Å². The molecule has 2 fully saturated rings. The van der Waals surface area contributed by atoms with Gasteiger partial charge in [-0.25, -0.2) is 4.98 Å². The van der Waals surface area contributed by atoms with E-state index in [2.05, 4.69) is 47.1 Å². The maximum atomic E-state index is 14.0. The summed E-state index contributed by atoms with van der Waals surface area (Å²) in [5, 5.41) is 6.38. The highest BCUT2D eigenvalue weighted by Crippen LogP contribution is 2.67. The van der Waals surface area contributed by atoms with Gasteiger partial charge in [-0.1, -0.05) is 38.1 Å². The Bertz CT molecular complexity index is 1170. The lowest BCUT2D eigenvalue weighted by Crippen LogP contribution is -2.71. The van der Waals surface area contributed by atoms with Crippen molar-refractivity contribution in [1.29, 1.82) is 0 Å². The Balaban J connectivity index is 1.77. The molecule has 3 aliphatic heterocycles. The molecule has 8 nitrogen and oxygen atoms in total. The number of nitrogens with zero attached hydrogens (tertiary/aromatic N) is 2. The third kappa shape index (κ3) is 2.17. The summed E-state index contributed by atoms with van der Waals surface area (Å²) in [6.45, 7) is 10.3. The van der Waals surface area contributed by atoms with E-state index in [0.717, 1.165) is 11.3 Å². The largest absolute Gasteiger partial charge is 0.362 e. The SMILES string of the molecule is C=CC(C)(C)C12CC3(OC)C(=O)NC(=Cc4cnc[nH]4)C(=O)N3C1(C)Nc1ccccc12. The summed E-state index contributed by atoms with van der Waals surface area (Å²) in [4.78, 5) is 36.1. The predicted octanol–water partition coefficient (Wildman–Crippen LogP) is 2.75. The molecule has 0 aliphatic carbocycles. The number of rotatable bonds is 4. The molecule has 3 atom stereocenters. The lowest BCUT2D eigenvalue weighted by atomic mass is 9.56.